The van der Waals surface area contributed by atoms with Gasteiger partial charge in [-0.15, -0.1) is 0 Å². The summed E-state index contributed by atoms with van der Waals surface area (Å²) in [5, 5.41) is 12.1. The molecule has 8 rings (SSSR count). The summed E-state index contributed by atoms with van der Waals surface area (Å²) in [4.78, 5) is 0. The van der Waals surface area contributed by atoms with Crippen molar-refractivity contribution >= 4 is 70.9 Å². The molecule has 0 aliphatic carbocycles. The van der Waals surface area contributed by atoms with Gasteiger partial charge in [-0.25, -0.2) is 0 Å². The summed E-state index contributed by atoms with van der Waals surface area (Å²) in [5.74, 6) is 0. The summed E-state index contributed by atoms with van der Waals surface area (Å²) in [6.45, 7) is 5.53. The van der Waals surface area contributed by atoms with Gasteiger partial charge in [-0.05, 0) is 0 Å². The van der Waals surface area contributed by atoms with Gasteiger partial charge >= 0.3 is 0 Å². The van der Waals surface area contributed by atoms with Crippen molar-refractivity contribution in [2.24, 2.45) is 0 Å². The van der Waals surface area contributed by atoms with Crippen molar-refractivity contribution in [2.45, 2.75) is 13.1 Å². The molecule has 8 aromatic carbocycles. The minimum atomic E-state index is -3.21. The van der Waals surface area contributed by atoms with E-state index in [4.69, 9.17) is 0 Å². The number of rotatable bonds is 11. The lowest BCUT2D eigenvalue weighted by Crippen LogP contribution is -3.06. The fourth-order valence-electron chi connectivity index (χ4n) is 10.1. The monoisotopic (exact) mass is 758 g/mol. The number of hydrogen-bond acceptors (Lipinski definition) is 0. The molecular weight excluding hydrogens is 713 g/mol. The second-order valence-electron chi connectivity index (χ2n) is 14.7. The highest BCUT2D eigenvalue weighted by Gasteiger charge is 2.75. The Morgan fingerprint density at radius 3 is 0.463 bits per heavy atom. The zero-order chi connectivity index (χ0) is 36.9. The molecule has 0 amide bonds. The maximum absolute atomic E-state index is 3.21. The average Bonchev–Trinajstić information content (AvgIpc) is 3.27. The Balaban J connectivity index is 1.78. The predicted octanol–water partition coefficient (Wildman–Crippen LogP) is 6.53. The van der Waals surface area contributed by atoms with Gasteiger partial charge in [-0.1, -0.05) is 297 Å². The summed E-state index contributed by atoms with van der Waals surface area (Å²) in [5.41, 5.74) is 0. The molecule has 0 heterocycles. The topological polar surface area (TPSA) is 0 Å². The zero-order valence-corrected chi connectivity index (χ0v) is 35.1. The molecule has 8 aromatic rings. The number of benzene rings is 8. The van der Waals surface area contributed by atoms with E-state index in [1.54, 1.807) is 0 Å². The molecule has 0 aromatic heterocycles. The SMILES string of the molecule is C[Si](c1ccccc1)(c1ccccc1)[Si](c1ccccc1)(c1ccccc1)[Si](c1ccccc1)(c1ccccc1)[Si](C)(c1ccccc1)c1ccccc1. The largest absolute Gasteiger partial charge is 0.123 e. The lowest BCUT2D eigenvalue weighted by atomic mass is 10.4. The molecule has 0 bridgehead atoms. The van der Waals surface area contributed by atoms with Gasteiger partial charge < -0.3 is 0 Å². The molecule has 0 radical (unpaired) electrons. The van der Waals surface area contributed by atoms with E-state index in [0.29, 0.717) is 0 Å². The van der Waals surface area contributed by atoms with Crippen LogP contribution in [0.1, 0.15) is 0 Å². The third-order valence-corrected chi connectivity index (χ3v) is 67.9. The predicted molar refractivity (Wildman–Crippen MR) is 243 cm³/mol. The first-order valence-corrected chi connectivity index (χ1v) is 31.0. The fourth-order valence-corrected chi connectivity index (χ4v) is 90.2. The summed E-state index contributed by atoms with van der Waals surface area (Å²) in [6, 6.07) is 94.7. The molecule has 0 unspecified atom stereocenters. The zero-order valence-electron chi connectivity index (χ0n) is 31.1. The quantitative estimate of drug-likeness (QED) is 0.132. The highest BCUT2D eigenvalue weighted by molar-refractivity contribution is 7.99. The molecule has 54 heavy (non-hydrogen) atoms. The van der Waals surface area contributed by atoms with E-state index >= 15 is 0 Å². The van der Waals surface area contributed by atoms with Gasteiger partial charge in [0.1, 0.15) is 29.4 Å². The van der Waals surface area contributed by atoms with Gasteiger partial charge in [-0.2, -0.15) is 0 Å². The molecule has 262 valence electrons. The van der Waals surface area contributed by atoms with E-state index in [0.717, 1.165) is 0 Å². The molecule has 0 N–H and O–H groups in total. The van der Waals surface area contributed by atoms with Crippen molar-refractivity contribution in [1.29, 1.82) is 0 Å². The molecule has 0 fully saturated rings. The molecule has 0 spiro atoms. The van der Waals surface area contributed by atoms with E-state index in [1.807, 2.05) is 0 Å². The Bertz CT molecular complexity index is 2040. The van der Waals surface area contributed by atoms with Gasteiger partial charge in [0.05, 0.1) is 0 Å². The van der Waals surface area contributed by atoms with Crippen LogP contribution in [-0.4, -0.2) is 29.4 Å². The van der Waals surface area contributed by atoms with Crippen LogP contribution < -0.4 is 41.5 Å². The minimum Gasteiger partial charge on any atom is -0.0631 e. The van der Waals surface area contributed by atoms with Crippen LogP contribution in [0.25, 0.3) is 0 Å². The molecule has 0 nitrogen and oxygen atoms in total. The molecule has 0 atom stereocenters. The van der Waals surface area contributed by atoms with Crippen LogP contribution >= 0.6 is 0 Å². The van der Waals surface area contributed by atoms with Crippen molar-refractivity contribution in [3.05, 3.63) is 243 Å². The molecular formula is C50H46Si4. The van der Waals surface area contributed by atoms with Gasteiger partial charge in [0.15, 0.2) is 0 Å². The van der Waals surface area contributed by atoms with Gasteiger partial charge in [-0.3, -0.25) is 0 Å². The number of hydrogen-bond donors (Lipinski definition) is 0. The molecule has 4 heteroatoms. The van der Waals surface area contributed by atoms with Crippen LogP contribution in [0.2, 0.25) is 13.1 Å². The Kier molecular flexibility index (Phi) is 10.0. The van der Waals surface area contributed by atoms with Crippen molar-refractivity contribution in [3.63, 3.8) is 0 Å². The van der Waals surface area contributed by atoms with Crippen LogP contribution in [0.5, 0.6) is 0 Å². The Labute approximate surface area is 324 Å². The molecule has 0 aliphatic rings. The van der Waals surface area contributed by atoms with Gasteiger partial charge in [0.25, 0.3) is 0 Å². The first-order valence-electron chi connectivity index (χ1n) is 19.0. The van der Waals surface area contributed by atoms with Crippen LogP contribution in [-0.2, 0) is 0 Å². The lowest BCUT2D eigenvalue weighted by molar-refractivity contribution is 1.67. The van der Waals surface area contributed by atoms with E-state index in [2.05, 4.69) is 256 Å². The fraction of sp³-hybridized carbons (Fsp3) is 0.0400. The smallest absolute Gasteiger partial charge is 0.0631 e. The third kappa shape index (κ3) is 5.44. The van der Waals surface area contributed by atoms with Crippen LogP contribution in [0.3, 0.4) is 0 Å². The lowest BCUT2D eigenvalue weighted by Gasteiger charge is -2.63. The first kappa shape index (κ1) is 35.6. The van der Waals surface area contributed by atoms with Crippen molar-refractivity contribution < 1.29 is 0 Å². The summed E-state index contributed by atoms with van der Waals surface area (Å²) in [6.07, 6.45) is 0. The summed E-state index contributed by atoms with van der Waals surface area (Å²) in [7, 11) is -12.2. The van der Waals surface area contributed by atoms with Gasteiger partial charge in [0.2, 0.25) is 0 Å². The van der Waals surface area contributed by atoms with Crippen molar-refractivity contribution in [3.8, 4) is 0 Å². The molecule has 0 aliphatic heterocycles. The van der Waals surface area contributed by atoms with Crippen LogP contribution in [0, 0.1) is 0 Å². The Morgan fingerprint density at radius 2 is 0.315 bits per heavy atom. The second kappa shape index (κ2) is 15.2. The van der Waals surface area contributed by atoms with E-state index in [9.17, 15) is 0 Å². The van der Waals surface area contributed by atoms with Crippen molar-refractivity contribution in [1.82, 2.24) is 0 Å². The standard InChI is InChI=1S/C50H46Si4/c1-51(43-27-11-3-12-28-43,44-29-13-4-14-30-44)53(47-35-19-7-20-36-47,48-37-21-8-22-38-48)54(49-39-23-9-24-40-49,50-41-25-10-26-42-50)52(2,45-31-15-5-16-32-45)46-33-17-6-18-34-46/h3-42H,1-2H3. The van der Waals surface area contributed by atoms with Crippen molar-refractivity contribution in [2.75, 3.05) is 0 Å². The van der Waals surface area contributed by atoms with Gasteiger partial charge in [0, 0.05) is 0 Å². The third-order valence-electron chi connectivity index (χ3n) is 12.3. The highest BCUT2D eigenvalue weighted by atomic mass is 29.8. The Morgan fingerprint density at radius 1 is 0.185 bits per heavy atom. The first-order chi connectivity index (χ1) is 26.6. The maximum Gasteiger partial charge on any atom is 0.123 e. The van der Waals surface area contributed by atoms with E-state index in [1.165, 1.54) is 41.5 Å². The molecule has 0 saturated carbocycles. The van der Waals surface area contributed by atoms with Crippen LogP contribution in [0.4, 0.5) is 0 Å². The average molecular weight is 759 g/mol. The van der Waals surface area contributed by atoms with Crippen LogP contribution in [0.15, 0.2) is 243 Å². The Hall–Kier alpha value is -5.37. The minimum absolute atomic E-state index is 1.50. The second-order valence-corrected chi connectivity index (χ2v) is 44.8. The maximum atomic E-state index is 2.77. The van der Waals surface area contributed by atoms with E-state index in [-0.39, 0.29) is 0 Å². The van der Waals surface area contributed by atoms with E-state index < -0.39 is 29.4 Å². The summed E-state index contributed by atoms with van der Waals surface area (Å²) >= 11 is 0. The summed E-state index contributed by atoms with van der Waals surface area (Å²) < 4.78 is 0. The molecule has 0 saturated heterocycles. The normalized spacial score (nSPS) is 12.3. The highest BCUT2D eigenvalue weighted by Crippen LogP contribution is 2.36.